The maximum atomic E-state index is 12.5. The summed E-state index contributed by atoms with van der Waals surface area (Å²) in [5.74, 6) is 0.469. The minimum atomic E-state index is -0.699. The first kappa shape index (κ1) is 17.7. The number of esters is 1. The second-order valence-corrected chi connectivity index (χ2v) is 5.61. The van der Waals surface area contributed by atoms with Crippen LogP contribution in [0.1, 0.15) is 32.4 Å². The fourth-order valence-electron chi connectivity index (χ4n) is 2.61. The first-order valence-electron chi connectivity index (χ1n) is 7.59. The Morgan fingerprint density at radius 2 is 1.92 bits per heavy atom. The highest BCUT2D eigenvalue weighted by molar-refractivity contribution is 5.95. The molecular formula is C17H22N2O5. The number of methoxy groups -OCH3 is 2. The lowest BCUT2D eigenvalue weighted by Crippen LogP contribution is -2.45. The quantitative estimate of drug-likeness (QED) is 0.807. The molecule has 1 aliphatic rings. The molecule has 130 valence electrons. The summed E-state index contributed by atoms with van der Waals surface area (Å²) in [6.07, 6.45) is -0.275. The summed E-state index contributed by atoms with van der Waals surface area (Å²) in [4.78, 5) is 24.4. The standard InChI is InChI=1S/C17H22N2O5/c1-9(2)24-16(20)13-10(3)18-17(21)19-14(13)11-7-6-8-12(22-4)15(11)23-5/h6-9,14H,1-5H3,(H2,18,19,21)/t14-/m1/s1. The normalized spacial score (nSPS) is 17.2. The Morgan fingerprint density at radius 3 is 2.50 bits per heavy atom. The van der Waals surface area contributed by atoms with Gasteiger partial charge < -0.3 is 24.8 Å². The van der Waals surface area contributed by atoms with E-state index in [0.29, 0.717) is 28.3 Å². The van der Waals surface area contributed by atoms with Gasteiger partial charge in [0, 0.05) is 11.3 Å². The zero-order valence-corrected chi connectivity index (χ0v) is 14.4. The van der Waals surface area contributed by atoms with Crippen LogP contribution in [0.2, 0.25) is 0 Å². The Hall–Kier alpha value is -2.70. The second-order valence-electron chi connectivity index (χ2n) is 5.61. The van der Waals surface area contributed by atoms with E-state index in [1.807, 2.05) is 0 Å². The van der Waals surface area contributed by atoms with Gasteiger partial charge in [0.25, 0.3) is 0 Å². The number of benzene rings is 1. The SMILES string of the molecule is COc1cccc([C@H]2NC(=O)NC(C)=C2C(=O)OC(C)C)c1OC. The highest BCUT2D eigenvalue weighted by Gasteiger charge is 2.34. The van der Waals surface area contributed by atoms with Crippen molar-refractivity contribution in [3.05, 3.63) is 35.0 Å². The van der Waals surface area contributed by atoms with Crippen molar-refractivity contribution in [3.63, 3.8) is 0 Å². The van der Waals surface area contributed by atoms with Gasteiger partial charge in [0.05, 0.1) is 31.9 Å². The number of urea groups is 1. The molecule has 0 aromatic heterocycles. The number of amides is 2. The molecule has 0 aliphatic carbocycles. The molecule has 2 rings (SSSR count). The lowest BCUT2D eigenvalue weighted by molar-refractivity contribution is -0.143. The number of carbonyl (C=O) groups is 2. The van der Waals surface area contributed by atoms with Crippen molar-refractivity contribution in [2.24, 2.45) is 0 Å². The van der Waals surface area contributed by atoms with Gasteiger partial charge in [-0.05, 0) is 26.8 Å². The van der Waals surface area contributed by atoms with Gasteiger partial charge in [-0.3, -0.25) is 0 Å². The molecule has 1 atom stereocenters. The number of ether oxygens (including phenoxy) is 3. The molecule has 1 heterocycles. The second kappa shape index (κ2) is 7.25. The summed E-state index contributed by atoms with van der Waals surface area (Å²) >= 11 is 0. The van der Waals surface area contributed by atoms with E-state index in [4.69, 9.17) is 14.2 Å². The van der Waals surface area contributed by atoms with Crippen LogP contribution in [0.4, 0.5) is 4.79 Å². The fourth-order valence-corrected chi connectivity index (χ4v) is 2.61. The Kier molecular flexibility index (Phi) is 5.33. The predicted molar refractivity (Wildman–Crippen MR) is 87.9 cm³/mol. The molecule has 1 aromatic carbocycles. The van der Waals surface area contributed by atoms with Crippen molar-refractivity contribution in [1.82, 2.24) is 10.6 Å². The van der Waals surface area contributed by atoms with E-state index in [0.717, 1.165) is 0 Å². The van der Waals surface area contributed by atoms with Gasteiger partial charge in [0.1, 0.15) is 0 Å². The molecule has 0 spiro atoms. The minimum Gasteiger partial charge on any atom is -0.493 e. The topological polar surface area (TPSA) is 85.9 Å². The third kappa shape index (κ3) is 3.45. The summed E-state index contributed by atoms with van der Waals surface area (Å²) in [7, 11) is 3.03. The first-order chi connectivity index (χ1) is 11.4. The van der Waals surface area contributed by atoms with Crippen molar-refractivity contribution < 1.29 is 23.8 Å². The molecule has 7 nitrogen and oxygen atoms in total. The monoisotopic (exact) mass is 334 g/mol. The van der Waals surface area contributed by atoms with Crippen molar-refractivity contribution >= 4 is 12.0 Å². The molecule has 2 N–H and O–H groups in total. The third-order valence-electron chi connectivity index (χ3n) is 3.58. The van der Waals surface area contributed by atoms with Gasteiger partial charge in [-0.1, -0.05) is 12.1 Å². The van der Waals surface area contributed by atoms with Crippen molar-refractivity contribution in [3.8, 4) is 11.5 Å². The molecule has 1 aliphatic heterocycles. The van der Waals surface area contributed by atoms with Crippen LogP contribution in [0.25, 0.3) is 0 Å². The molecular weight excluding hydrogens is 312 g/mol. The smallest absolute Gasteiger partial charge is 0.338 e. The van der Waals surface area contributed by atoms with Crippen LogP contribution in [0, 0.1) is 0 Å². The van der Waals surface area contributed by atoms with E-state index in [-0.39, 0.29) is 6.10 Å². The van der Waals surface area contributed by atoms with Gasteiger partial charge >= 0.3 is 12.0 Å². The largest absolute Gasteiger partial charge is 0.493 e. The van der Waals surface area contributed by atoms with E-state index in [9.17, 15) is 9.59 Å². The van der Waals surface area contributed by atoms with Crippen LogP contribution in [0.5, 0.6) is 11.5 Å². The fraction of sp³-hybridized carbons (Fsp3) is 0.412. The van der Waals surface area contributed by atoms with Gasteiger partial charge in [-0.25, -0.2) is 9.59 Å². The molecule has 0 radical (unpaired) electrons. The lowest BCUT2D eigenvalue weighted by Gasteiger charge is -2.29. The summed E-state index contributed by atoms with van der Waals surface area (Å²) in [5, 5.41) is 5.36. The van der Waals surface area contributed by atoms with Gasteiger partial charge in [-0.2, -0.15) is 0 Å². The summed E-state index contributed by atoms with van der Waals surface area (Å²) in [5.41, 5.74) is 1.39. The van der Waals surface area contributed by atoms with E-state index in [1.165, 1.54) is 14.2 Å². The molecule has 24 heavy (non-hydrogen) atoms. The predicted octanol–water partition coefficient (Wildman–Crippen LogP) is 2.28. The minimum absolute atomic E-state index is 0.275. The van der Waals surface area contributed by atoms with Gasteiger partial charge in [0.15, 0.2) is 11.5 Å². The molecule has 0 fully saturated rings. The number of para-hydroxylation sites is 1. The highest BCUT2D eigenvalue weighted by atomic mass is 16.5. The van der Waals surface area contributed by atoms with Crippen LogP contribution in [-0.4, -0.2) is 32.3 Å². The Morgan fingerprint density at radius 1 is 1.21 bits per heavy atom. The van der Waals surface area contributed by atoms with E-state index in [1.54, 1.807) is 39.0 Å². The van der Waals surface area contributed by atoms with E-state index in [2.05, 4.69) is 10.6 Å². The first-order valence-corrected chi connectivity index (χ1v) is 7.59. The molecule has 2 amide bonds. The molecule has 1 aromatic rings. The number of rotatable bonds is 5. The van der Waals surface area contributed by atoms with E-state index >= 15 is 0 Å². The number of nitrogens with one attached hydrogen (secondary N) is 2. The molecule has 7 heteroatoms. The zero-order valence-electron chi connectivity index (χ0n) is 14.4. The third-order valence-corrected chi connectivity index (χ3v) is 3.58. The average molecular weight is 334 g/mol. The van der Waals surface area contributed by atoms with Gasteiger partial charge in [-0.15, -0.1) is 0 Å². The van der Waals surface area contributed by atoms with Crippen molar-refractivity contribution in [2.45, 2.75) is 32.9 Å². The van der Waals surface area contributed by atoms with E-state index < -0.39 is 18.0 Å². The Bertz CT molecular complexity index is 682. The highest BCUT2D eigenvalue weighted by Crippen LogP contribution is 2.39. The number of hydrogen-bond donors (Lipinski definition) is 2. The molecule has 0 bridgehead atoms. The Balaban J connectivity index is 2.55. The lowest BCUT2D eigenvalue weighted by atomic mass is 9.94. The number of carbonyl (C=O) groups excluding carboxylic acids is 2. The average Bonchev–Trinajstić information content (AvgIpc) is 2.52. The summed E-state index contributed by atoms with van der Waals surface area (Å²) in [6, 6.07) is 4.19. The van der Waals surface area contributed by atoms with Gasteiger partial charge in [0.2, 0.25) is 0 Å². The van der Waals surface area contributed by atoms with Crippen molar-refractivity contribution in [1.29, 1.82) is 0 Å². The van der Waals surface area contributed by atoms with Crippen LogP contribution in [0.3, 0.4) is 0 Å². The molecule has 0 saturated heterocycles. The zero-order chi connectivity index (χ0) is 17.9. The van der Waals surface area contributed by atoms with Crippen LogP contribution >= 0.6 is 0 Å². The van der Waals surface area contributed by atoms with Crippen LogP contribution in [0.15, 0.2) is 29.5 Å². The van der Waals surface area contributed by atoms with Crippen LogP contribution in [-0.2, 0) is 9.53 Å². The van der Waals surface area contributed by atoms with Crippen LogP contribution < -0.4 is 20.1 Å². The molecule has 0 unspecified atom stereocenters. The number of hydrogen-bond acceptors (Lipinski definition) is 5. The maximum Gasteiger partial charge on any atom is 0.338 e. The molecule has 0 saturated carbocycles. The maximum absolute atomic E-state index is 12.5. The number of allylic oxidation sites excluding steroid dienone is 1. The summed E-state index contributed by atoms with van der Waals surface area (Å²) in [6.45, 7) is 5.20. The Labute approximate surface area is 141 Å². The van der Waals surface area contributed by atoms with Crippen molar-refractivity contribution in [2.75, 3.05) is 14.2 Å². The summed E-state index contributed by atoms with van der Waals surface area (Å²) < 4.78 is 16.0.